The highest BCUT2D eigenvalue weighted by molar-refractivity contribution is 6.14. The van der Waals surface area contributed by atoms with Crippen LogP contribution >= 0.6 is 0 Å². The largest absolute Gasteiger partial charge is 0.444 e. The van der Waals surface area contributed by atoms with Gasteiger partial charge in [0.15, 0.2) is 0 Å². The van der Waals surface area contributed by atoms with E-state index in [1.165, 1.54) is 6.42 Å². The molecule has 0 saturated heterocycles. The first-order valence-corrected chi connectivity index (χ1v) is 15.6. The lowest BCUT2D eigenvalue weighted by Gasteiger charge is -2.25. The number of benzene rings is 2. The van der Waals surface area contributed by atoms with E-state index in [2.05, 4.69) is 16.0 Å². The Balaban J connectivity index is 0.00000248. The summed E-state index contributed by atoms with van der Waals surface area (Å²) in [6.07, 6.45) is 5.35. The molecule has 9 heteroatoms. The van der Waals surface area contributed by atoms with Gasteiger partial charge in [-0.25, -0.2) is 9.59 Å². The fourth-order valence-electron chi connectivity index (χ4n) is 5.47. The second-order valence-corrected chi connectivity index (χ2v) is 11.9. The van der Waals surface area contributed by atoms with Crippen molar-refractivity contribution in [2.24, 2.45) is 10.9 Å². The summed E-state index contributed by atoms with van der Waals surface area (Å²) in [7, 11) is 1.73. The van der Waals surface area contributed by atoms with Crippen molar-refractivity contribution in [3.05, 3.63) is 59.7 Å². The van der Waals surface area contributed by atoms with E-state index in [-0.39, 0.29) is 17.9 Å². The van der Waals surface area contributed by atoms with Crippen molar-refractivity contribution in [2.75, 3.05) is 17.3 Å². The number of fused-ring (bicyclic) bond motifs is 1. The van der Waals surface area contributed by atoms with Crippen LogP contribution in [0.5, 0.6) is 0 Å². The molecule has 4 amide bonds. The highest BCUT2D eigenvalue weighted by Gasteiger charge is 2.33. The molecule has 4 rings (SSSR count). The molecule has 1 heterocycles. The number of urea groups is 1. The van der Waals surface area contributed by atoms with E-state index >= 15 is 0 Å². The van der Waals surface area contributed by atoms with Gasteiger partial charge in [-0.05, 0) is 70.2 Å². The Morgan fingerprint density at radius 2 is 1.74 bits per heavy atom. The van der Waals surface area contributed by atoms with Crippen molar-refractivity contribution in [1.29, 1.82) is 0 Å². The predicted octanol–water partition coefficient (Wildman–Crippen LogP) is 7.05. The maximum Gasteiger partial charge on any atom is 0.407 e. The van der Waals surface area contributed by atoms with Crippen molar-refractivity contribution >= 4 is 35.1 Å². The molecule has 0 bridgehead atoms. The minimum absolute atomic E-state index is 0.123. The van der Waals surface area contributed by atoms with Crippen LogP contribution in [0.4, 0.5) is 21.0 Å². The van der Waals surface area contributed by atoms with Crippen molar-refractivity contribution in [2.45, 2.75) is 104 Å². The number of aliphatic imine (C=N–C) groups is 1. The van der Waals surface area contributed by atoms with Crippen LogP contribution in [0.1, 0.15) is 91.2 Å². The van der Waals surface area contributed by atoms with Gasteiger partial charge in [-0.2, -0.15) is 0 Å². The van der Waals surface area contributed by atoms with E-state index in [1.54, 1.807) is 18.0 Å². The average Bonchev–Trinajstić information content (AvgIpc) is 3.08. The Bertz CT molecular complexity index is 1280. The zero-order valence-corrected chi connectivity index (χ0v) is 26.8. The van der Waals surface area contributed by atoms with Crippen LogP contribution in [0.25, 0.3) is 0 Å². The van der Waals surface area contributed by atoms with E-state index in [4.69, 9.17) is 9.73 Å². The molecule has 1 saturated carbocycles. The van der Waals surface area contributed by atoms with Gasteiger partial charge in [0.25, 0.3) is 5.91 Å². The van der Waals surface area contributed by atoms with Gasteiger partial charge >= 0.3 is 12.1 Å². The smallest absolute Gasteiger partial charge is 0.407 e. The lowest BCUT2D eigenvalue weighted by atomic mass is 9.83. The quantitative estimate of drug-likeness (QED) is 0.320. The number of nitrogens with one attached hydrogen (secondary N) is 3. The van der Waals surface area contributed by atoms with E-state index in [0.29, 0.717) is 12.1 Å². The highest BCUT2D eigenvalue weighted by Crippen LogP contribution is 2.33. The van der Waals surface area contributed by atoms with Crippen LogP contribution in [0.3, 0.4) is 0 Å². The molecule has 234 valence electrons. The highest BCUT2D eigenvalue weighted by atomic mass is 16.6. The summed E-state index contributed by atoms with van der Waals surface area (Å²) < 4.78 is 5.39. The lowest BCUT2D eigenvalue weighted by molar-refractivity contribution is -0.119. The minimum Gasteiger partial charge on any atom is -0.444 e. The summed E-state index contributed by atoms with van der Waals surface area (Å²) in [6.45, 7) is 11.5. The molecule has 0 aromatic heterocycles. The molecule has 3 N–H and O–H groups in total. The molecule has 0 spiro atoms. The minimum atomic E-state index is -1.03. The van der Waals surface area contributed by atoms with Gasteiger partial charge in [0, 0.05) is 30.3 Å². The topological polar surface area (TPSA) is 112 Å². The first-order chi connectivity index (χ1) is 20.5. The number of likely N-dealkylation sites (N-methyl/N-ethyl adjacent to an activating group) is 1. The van der Waals surface area contributed by atoms with Gasteiger partial charge in [-0.3, -0.25) is 9.79 Å². The molecule has 2 atom stereocenters. The predicted molar refractivity (Wildman–Crippen MR) is 174 cm³/mol. The zero-order chi connectivity index (χ0) is 31.6. The fourth-order valence-corrected chi connectivity index (χ4v) is 5.47. The van der Waals surface area contributed by atoms with Crippen LogP contribution in [0.2, 0.25) is 0 Å². The Hall–Kier alpha value is -3.88. The molecule has 2 aliphatic rings. The molecular formula is C34H49N5O4. The summed E-state index contributed by atoms with van der Waals surface area (Å²) in [6, 6.07) is 14.7. The van der Waals surface area contributed by atoms with Crippen LogP contribution in [0, 0.1) is 5.92 Å². The summed E-state index contributed by atoms with van der Waals surface area (Å²) in [5.41, 5.74) is 3.62. The lowest BCUT2D eigenvalue weighted by Crippen LogP contribution is -2.47. The van der Waals surface area contributed by atoms with Gasteiger partial charge in [-0.1, -0.05) is 70.4 Å². The molecule has 1 unspecified atom stereocenters. The van der Waals surface area contributed by atoms with Crippen molar-refractivity contribution < 1.29 is 19.1 Å². The molecule has 0 radical (unpaired) electrons. The van der Waals surface area contributed by atoms with Gasteiger partial charge < -0.3 is 25.6 Å². The standard InChI is InChI=1S/C32H43N5O4.C2H6/c1-6-23(34-31(40)41-32(2,3)4)19-21-13-12-16-24(20-21)33-30(39)36-28-29(38)37(5)26-18-11-10-17-25(26)27(35-28)22-14-8-7-9-15-22;1-2/h10-13,16-18,20,22-23,28H,6-9,14-15,19H2,1-5H3,(H,34,40)(H2,33,36,39);1-2H3/t23?,28-;/m0./s1. The van der Waals surface area contributed by atoms with Crippen LogP contribution < -0.4 is 20.9 Å². The first-order valence-electron chi connectivity index (χ1n) is 15.6. The van der Waals surface area contributed by atoms with Crippen molar-refractivity contribution in [3.63, 3.8) is 0 Å². The Morgan fingerprint density at radius 3 is 2.42 bits per heavy atom. The number of carbonyl (C=O) groups is 3. The number of amides is 4. The first kappa shape index (κ1) is 33.6. The average molecular weight is 592 g/mol. The summed E-state index contributed by atoms with van der Waals surface area (Å²) in [4.78, 5) is 45.3. The number of rotatable bonds is 7. The Labute approximate surface area is 256 Å². The summed E-state index contributed by atoms with van der Waals surface area (Å²) in [5.74, 6) is -0.0276. The van der Waals surface area contributed by atoms with Gasteiger partial charge in [0.2, 0.25) is 6.17 Å². The number of carbonyl (C=O) groups excluding carboxylic acids is 3. The monoisotopic (exact) mass is 591 g/mol. The van der Waals surface area contributed by atoms with Crippen molar-refractivity contribution in [3.8, 4) is 0 Å². The second kappa shape index (κ2) is 15.5. The molecule has 1 aliphatic heterocycles. The van der Waals surface area contributed by atoms with E-state index in [9.17, 15) is 14.4 Å². The number of hydrogen-bond acceptors (Lipinski definition) is 5. The summed E-state index contributed by atoms with van der Waals surface area (Å²) in [5, 5.41) is 8.59. The third-order valence-corrected chi connectivity index (χ3v) is 7.51. The number of alkyl carbamates (subject to hydrolysis) is 1. The van der Waals surface area contributed by atoms with Crippen molar-refractivity contribution in [1.82, 2.24) is 10.6 Å². The molecular weight excluding hydrogens is 542 g/mol. The number of anilines is 2. The Morgan fingerprint density at radius 1 is 1.05 bits per heavy atom. The molecule has 43 heavy (non-hydrogen) atoms. The van der Waals surface area contributed by atoms with E-state index < -0.39 is 23.9 Å². The van der Waals surface area contributed by atoms with Gasteiger partial charge in [0.1, 0.15) is 5.60 Å². The molecule has 1 aliphatic carbocycles. The van der Waals surface area contributed by atoms with Gasteiger partial charge in [0.05, 0.1) is 11.4 Å². The summed E-state index contributed by atoms with van der Waals surface area (Å²) >= 11 is 0. The number of nitrogens with zero attached hydrogens (tertiary/aromatic N) is 2. The third kappa shape index (κ3) is 9.56. The second-order valence-electron chi connectivity index (χ2n) is 11.9. The molecule has 1 fully saturated rings. The normalized spacial score (nSPS) is 17.7. The zero-order valence-electron chi connectivity index (χ0n) is 26.8. The third-order valence-electron chi connectivity index (χ3n) is 7.51. The molecule has 2 aromatic carbocycles. The Kier molecular flexibility index (Phi) is 12.2. The maximum atomic E-state index is 13.4. The molecule has 9 nitrogen and oxygen atoms in total. The number of para-hydroxylation sites is 1. The van der Waals surface area contributed by atoms with E-state index in [0.717, 1.165) is 54.6 Å². The van der Waals surface area contributed by atoms with Crippen LogP contribution in [0.15, 0.2) is 53.5 Å². The van der Waals surface area contributed by atoms with Crippen LogP contribution in [-0.4, -0.2) is 48.6 Å². The number of hydrogen-bond donors (Lipinski definition) is 3. The van der Waals surface area contributed by atoms with E-state index in [1.807, 2.05) is 84.0 Å². The fraction of sp³-hybridized carbons (Fsp3) is 0.529. The SMILES string of the molecule is CC.CCC(Cc1cccc(NC(=O)N[C@@H]2N=C(C3CCCCC3)c3ccccc3N(C)C2=O)c1)NC(=O)OC(C)(C)C. The number of ether oxygens (including phenoxy) is 1. The van der Waals surface area contributed by atoms with Gasteiger partial charge in [-0.15, -0.1) is 0 Å². The maximum absolute atomic E-state index is 13.4. The van der Waals surface area contributed by atoms with Crippen LogP contribution in [-0.2, 0) is 16.0 Å². The number of benzodiazepines with no additional fused rings is 1. The molecule has 2 aromatic rings.